The summed E-state index contributed by atoms with van der Waals surface area (Å²) < 4.78 is 5.38. The molecule has 0 aliphatic heterocycles. The molecule has 3 rings (SSSR count). The molecule has 0 radical (unpaired) electrons. The lowest BCUT2D eigenvalue weighted by Gasteiger charge is -2.07. The van der Waals surface area contributed by atoms with Crippen LogP contribution in [0.3, 0.4) is 0 Å². The Kier molecular flexibility index (Phi) is 2.73. The number of aromatic nitrogens is 2. The van der Waals surface area contributed by atoms with Crippen LogP contribution in [0.25, 0.3) is 11.0 Å². The minimum Gasteiger partial charge on any atom is -0.496 e. The molecule has 0 aliphatic carbocycles. The molecule has 3 nitrogen and oxygen atoms in total. The van der Waals surface area contributed by atoms with Crippen LogP contribution in [0.1, 0.15) is 11.1 Å². The normalized spacial score (nSPS) is 10.7. The summed E-state index contributed by atoms with van der Waals surface area (Å²) in [5, 5.41) is 1.17. The first kappa shape index (κ1) is 10.8. The van der Waals surface area contributed by atoms with Crippen LogP contribution in [0.5, 0.6) is 5.75 Å². The van der Waals surface area contributed by atoms with Gasteiger partial charge in [-0.1, -0.05) is 18.2 Å². The second-order valence-electron chi connectivity index (χ2n) is 4.20. The Morgan fingerprint density at radius 2 is 2.00 bits per heavy atom. The quantitative estimate of drug-likeness (QED) is 0.761. The van der Waals surface area contributed by atoms with Crippen LogP contribution < -0.4 is 4.74 Å². The Hall–Kier alpha value is -2.29. The first-order valence-corrected chi connectivity index (χ1v) is 5.91. The second-order valence-corrected chi connectivity index (χ2v) is 4.20. The van der Waals surface area contributed by atoms with Gasteiger partial charge in [-0.25, -0.2) is 4.98 Å². The molecule has 0 fully saturated rings. The SMILES string of the molecule is COc1ccccc1Cc1c[nH]c2ncccc12. The lowest BCUT2D eigenvalue weighted by Crippen LogP contribution is -1.92. The largest absolute Gasteiger partial charge is 0.496 e. The summed E-state index contributed by atoms with van der Waals surface area (Å²) in [4.78, 5) is 7.49. The molecule has 0 saturated heterocycles. The van der Waals surface area contributed by atoms with E-state index in [1.165, 1.54) is 16.5 Å². The van der Waals surface area contributed by atoms with Crippen molar-refractivity contribution >= 4 is 11.0 Å². The molecule has 0 spiro atoms. The number of aromatic amines is 1. The summed E-state index contributed by atoms with van der Waals surface area (Å²) in [6, 6.07) is 12.1. The molecule has 1 N–H and O–H groups in total. The summed E-state index contributed by atoms with van der Waals surface area (Å²) in [7, 11) is 1.70. The van der Waals surface area contributed by atoms with Gasteiger partial charge < -0.3 is 9.72 Å². The van der Waals surface area contributed by atoms with Crippen LogP contribution in [-0.4, -0.2) is 17.1 Å². The number of rotatable bonds is 3. The predicted octanol–water partition coefficient (Wildman–Crippen LogP) is 3.16. The van der Waals surface area contributed by atoms with Crippen molar-refractivity contribution in [2.45, 2.75) is 6.42 Å². The first-order chi connectivity index (χ1) is 8.88. The van der Waals surface area contributed by atoms with Crippen molar-refractivity contribution in [1.82, 2.24) is 9.97 Å². The number of nitrogens with one attached hydrogen (secondary N) is 1. The molecule has 90 valence electrons. The van der Waals surface area contributed by atoms with E-state index in [9.17, 15) is 0 Å². The fourth-order valence-electron chi connectivity index (χ4n) is 2.21. The Morgan fingerprint density at radius 1 is 1.11 bits per heavy atom. The zero-order valence-electron chi connectivity index (χ0n) is 10.2. The fourth-order valence-corrected chi connectivity index (χ4v) is 2.21. The lowest BCUT2D eigenvalue weighted by atomic mass is 10.0. The van der Waals surface area contributed by atoms with Crippen molar-refractivity contribution in [3.05, 3.63) is 59.9 Å². The number of methoxy groups -OCH3 is 1. The van der Waals surface area contributed by atoms with Gasteiger partial charge in [-0.3, -0.25) is 0 Å². The van der Waals surface area contributed by atoms with E-state index in [0.29, 0.717) is 0 Å². The highest BCUT2D eigenvalue weighted by Gasteiger charge is 2.07. The molecule has 2 aromatic heterocycles. The van der Waals surface area contributed by atoms with Gasteiger partial charge in [-0.2, -0.15) is 0 Å². The van der Waals surface area contributed by atoms with Gasteiger partial charge >= 0.3 is 0 Å². The van der Waals surface area contributed by atoms with Gasteiger partial charge in [0.15, 0.2) is 0 Å². The summed E-state index contributed by atoms with van der Waals surface area (Å²) in [5.74, 6) is 0.927. The molecule has 0 saturated carbocycles. The average Bonchev–Trinajstić information content (AvgIpc) is 2.83. The van der Waals surface area contributed by atoms with Crippen LogP contribution in [0.2, 0.25) is 0 Å². The van der Waals surface area contributed by atoms with Crippen molar-refractivity contribution in [3.8, 4) is 5.75 Å². The minimum atomic E-state index is 0.843. The number of fused-ring (bicyclic) bond motifs is 1. The summed E-state index contributed by atoms with van der Waals surface area (Å²) in [6.07, 6.45) is 4.66. The van der Waals surface area contributed by atoms with Gasteiger partial charge in [-0.15, -0.1) is 0 Å². The highest BCUT2D eigenvalue weighted by molar-refractivity contribution is 5.79. The molecule has 0 atom stereocenters. The Balaban J connectivity index is 2.01. The van der Waals surface area contributed by atoms with E-state index in [2.05, 4.69) is 22.1 Å². The Bertz CT molecular complexity index is 673. The minimum absolute atomic E-state index is 0.843. The zero-order valence-corrected chi connectivity index (χ0v) is 10.2. The molecule has 0 aliphatic rings. The number of para-hydroxylation sites is 1. The van der Waals surface area contributed by atoms with Gasteiger partial charge in [-0.05, 0) is 29.3 Å². The number of benzene rings is 1. The van der Waals surface area contributed by atoms with Crippen LogP contribution in [0, 0.1) is 0 Å². The van der Waals surface area contributed by atoms with E-state index in [1.807, 2.05) is 30.5 Å². The molecule has 0 amide bonds. The number of hydrogen-bond donors (Lipinski definition) is 1. The molecular weight excluding hydrogens is 224 g/mol. The van der Waals surface area contributed by atoms with Crippen LogP contribution in [-0.2, 0) is 6.42 Å². The maximum Gasteiger partial charge on any atom is 0.137 e. The van der Waals surface area contributed by atoms with E-state index in [0.717, 1.165) is 17.8 Å². The van der Waals surface area contributed by atoms with Crippen LogP contribution in [0.15, 0.2) is 48.8 Å². The van der Waals surface area contributed by atoms with Crippen molar-refractivity contribution in [2.24, 2.45) is 0 Å². The van der Waals surface area contributed by atoms with Crippen LogP contribution >= 0.6 is 0 Å². The molecule has 3 aromatic rings. The topological polar surface area (TPSA) is 37.9 Å². The highest BCUT2D eigenvalue weighted by atomic mass is 16.5. The maximum atomic E-state index is 5.38. The first-order valence-electron chi connectivity index (χ1n) is 5.91. The molecule has 18 heavy (non-hydrogen) atoms. The molecule has 0 unspecified atom stereocenters. The Labute approximate surface area is 105 Å². The fraction of sp³-hybridized carbons (Fsp3) is 0.133. The third-order valence-electron chi connectivity index (χ3n) is 3.11. The predicted molar refractivity (Wildman–Crippen MR) is 71.9 cm³/mol. The van der Waals surface area contributed by atoms with Gasteiger partial charge in [0.1, 0.15) is 11.4 Å². The monoisotopic (exact) mass is 238 g/mol. The smallest absolute Gasteiger partial charge is 0.137 e. The summed E-state index contributed by atoms with van der Waals surface area (Å²) >= 11 is 0. The van der Waals surface area contributed by atoms with E-state index in [4.69, 9.17) is 4.74 Å². The number of hydrogen-bond acceptors (Lipinski definition) is 2. The summed E-state index contributed by atoms with van der Waals surface area (Å²) in [5.41, 5.74) is 3.36. The van der Waals surface area contributed by atoms with Crippen molar-refractivity contribution in [3.63, 3.8) is 0 Å². The molecule has 1 aromatic carbocycles. The number of H-pyrrole nitrogens is 1. The zero-order chi connectivity index (χ0) is 12.4. The van der Waals surface area contributed by atoms with Crippen molar-refractivity contribution in [2.75, 3.05) is 7.11 Å². The number of ether oxygens (including phenoxy) is 1. The second kappa shape index (κ2) is 4.53. The van der Waals surface area contributed by atoms with E-state index in [-0.39, 0.29) is 0 Å². The van der Waals surface area contributed by atoms with Crippen molar-refractivity contribution in [1.29, 1.82) is 0 Å². The molecule has 0 bridgehead atoms. The van der Waals surface area contributed by atoms with E-state index in [1.54, 1.807) is 13.3 Å². The van der Waals surface area contributed by atoms with E-state index < -0.39 is 0 Å². The molecule has 3 heteroatoms. The number of pyridine rings is 1. The van der Waals surface area contributed by atoms with Crippen LogP contribution in [0.4, 0.5) is 0 Å². The maximum absolute atomic E-state index is 5.38. The molecule has 2 heterocycles. The summed E-state index contributed by atoms with van der Waals surface area (Å²) in [6.45, 7) is 0. The van der Waals surface area contributed by atoms with Gasteiger partial charge in [0, 0.05) is 24.2 Å². The highest BCUT2D eigenvalue weighted by Crippen LogP contribution is 2.24. The molecular formula is C15H14N2O. The number of nitrogens with zero attached hydrogens (tertiary/aromatic N) is 1. The van der Waals surface area contributed by atoms with E-state index >= 15 is 0 Å². The third-order valence-corrected chi connectivity index (χ3v) is 3.11. The van der Waals surface area contributed by atoms with Crippen molar-refractivity contribution < 1.29 is 4.74 Å². The third kappa shape index (κ3) is 1.84. The Morgan fingerprint density at radius 3 is 2.89 bits per heavy atom. The average molecular weight is 238 g/mol. The van der Waals surface area contributed by atoms with Gasteiger partial charge in [0.05, 0.1) is 7.11 Å². The standard InChI is InChI=1S/C15H14N2O/c1-18-14-7-3-2-5-11(14)9-12-10-17-15-13(12)6-4-8-16-15/h2-8,10H,9H2,1H3,(H,16,17). The van der Waals surface area contributed by atoms with Gasteiger partial charge in [0.2, 0.25) is 0 Å². The lowest BCUT2D eigenvalue weighted by molar-refractivity contribution is 0.410. The van der Waals surface area contributed by atoms with Gasteiger partial charge in [0.25, 0.3) is 0 Å².